The number of aromatic nitrogens is 5. The summed E-state index contributed by atoms with van der Waals surface area (Å²) in [6, 6.07) is 7.79. The van der Waals surface area contributed by atoms with Gasteiger partial charge in [0.2, 0.25) is 11.6 Å². The van der Waals surface area contributed by atoms with Crippen LogP contribution in [0.3, 0.4) is 0 Å². The number of likely N-dealkylation sites (tertiary alicyclic amines) is 1. The number of carbonyl (C=O) groups excluding carboxylic acids is 1. The molecule has 0 bridgehead atoms. The summed E-state index contributed by atoms with van der Waals surface area (Å²) in [5.41, 5.74) is 11.1. The summed E-state index contributed by atoms with van der Waals surface area (Å²) in [7, 11) is 0. The molecule has 0 aliphatic carbocycles. The van der Waals surface area contributed by atoms with E-state index in [2.05, 4.69) is 43.0 Å². The lowest BCUT2D eigenvalue weighted by Gasteiger charge is -2.30. The second kappa shape index (κ2) is 9.04. The van der Waals surface area contributed by atoms with Gasteiger partial charge < -0.3 is 5.73 Å². The first-order valence-corrected chi connectivity index (χ1v) is 10.2. The van der Waals surface area contributed by atoms with Crippen LogP contribution in [-0.2, 0) is 6.54 Å². The minimum absolute atomic E-state index is 0.0720. The van der Waals surface area contributed by atoms with Gasteiger partial charge in [0.15, 0.2) is 5.69 Å². The van der Waals surface area contributed by atoms with Crippen LogP contribution in [0.15, 0.2) is 34.0 Å². The highest BCUT2D eigenvalue weighted by Crippen LogP contribution is 2.21. The predicted molar refractivity (Wildman–Crippen MR) is 114 cm³/mol. The molecule has 3 heterocycles. The van der Waals surface area contributed by atoms with E-state index < -0.39 is 5.91 Å². The summed E-state index contributed by atoms with van der Waals surface area (Å²) in [5.74, 6) is 0.497. The summed E-state index contributed by atoms with van der Waals surface area (Å²) < 4.78 is 6.10. The number of rotatable bonds is 6. The molecule has 162 valence electrons. The van der Waals surface area contributed by atoms with Crippen molar-refractivity contribution in [3.05, 3.63) is 46.8 Å². The fourth-order valence-corrected chi connectivity index (χ4v) is 3.43. The molecule has 1 amide bonds. The first-order valence-electron chi connectivity index (χ1n) is 10.2. The van der Waals surface area contributed by atoms with Crippen LogP contribution < -0.4 is 11.2 Å². The molecule has 1 saturated heterocycles. The molecule has 1 fully saturated rings. The number of nitrogens with two attached hydrogens (primary N) is 1. The quantitative estimate of drug-likeness (QED) is 0.449. The average Bonchev–Trinajstić information content (AvgIpc) is 3.37. The van der Waals surface area contributed by atoms with E-state index in [1.54, 1.807) is 6.21 Å². The zero-order valence-electron chi connectivity index (χ0n) is 17.5. The van der Waals surface area contributed by atoms with E-state index in [0.717, 1.165) is 37.1 Å². The smallest absolute Gasteiger partial charge is 0.293 e. The summed E-state index contributed by atoms with van der Waals surface area (Å²) in [6.45, 7) is 6.57. The Hall–Kier alpha value is -3.60. The maximum Gasteiger partial charge on any atom is 0.293 e. The number of nitrogens with zero attached hydrogens (tertiary/aromatic N) is 7. The minimum atomic E-state index is -0.468. The Morgan fingerprint density at radius 2 is 2.03 bits per heavy atom. The Labute approximate surface area is 179 Å². The number of hydrogen-bond donors (Lipinski definition) is 2. The van der Waals surface area contributed by atoms with Gasteiger partial charge in [0, 0.05) is 6.54 Å². The van der Waals surface area contributed by atoms with Crippen molar-refractivity contribution in [2.45, 2.75) is 33.2 Å². The largest absolute Gasteiger partial charge is 0.378 e. The number of benzene rings is 1. The van der Waals surface area contributed by atoms with E-state index in [4.69, 9.17) is 10.4 Å². The molecule has 3 N–H and O–H groups in total. The van der Waals surface area contributed by atoms with Gasteiger partial charge in [-0.1, -0.05) is 42.0 Å². The van der Waals surface area contributed by atoms with Gasteiger partial charge in [-0.3, -0.25) is 9.69 Å². The van der Waals surface area contributed by atoms with Crippen LogP contribution in [0.4, 0.5) is 5.82 Å². The summed E-state index contributed by atoms with van der Waals surface area (Å²) in [5, 5.41) is 19.6. The molecule has 2 aromatic heterocycles. The Morgan fingerprint density at radius 3 is 2.71 bits per heavy atom. The van der Waals surface area contributed by atoms with Crippen molar-refractivity contribution in [2.24, 2.45) is 11.0 Å². The normalized spacial score (nSPS) is 15.5. The van der Waals surface area contributed by atoms with Gasteiger partial charge in [-0.25, -0.2) is 10.1 Å². The van der Waals surface area contributed by atoms with Gasteiger partial charge in [0.25, 0.3) is 5.91 Å². The van der Waals surface area contributed by atoms with E-state index in [1.165, 1.54) is 4.68 Å². The molecule has 11 nitrogen and oxygen atoms in total. The molecular formula is C20H25N9O2. The number of amides is 1. The highest BCUT2D eigenvalue weighted by atomic mass is 16.6. The number of nitrogens with one attached hydrogen (secondary N) is 1. The molecule has 4 rings (SSSR count). The van der Waals surface area contributed by atoms with Crippen LogP contribution >= 0.6 is 0 Å². The SMILES string of the molecule is Cc1ccc(C=NNC(=O)c2nnn(-c3nonc3N)c2CN2CCC(C)CC2)cc1. The maximum absolute atomic E-state index is 12.8. The van der Waals surface area contributed by atoms with Crippen molar-refractivity contribution in [3.63, 3.8) is 0 Å². The second-order valence-corrected chi connectivity index (χ2v) is 7.84. The molecular weight excluding hydrogens is 398 g/mol. The van der Waals surface area contributed by atoms with Gasteiger partial charge in [-0.2, -0.15) is 9.78 Å². The van der Waals surface area contributed by atoms with Gasteiger partial charge >= 0.3 is 0 Å². The first-order chi connectivity index (χ1) is 15.0. The number of aryl methyl sites for hydroxylation is 1. The Balaban J connectivity index is 1.55. The lowest BCUT2D eigenvalue weighted by molar-refractivity contribution is 0.0947. The zero-order chi connectivity index (χ0) is 21.8. The lowest BCUT2D eigenvalue weighted by atomic mass is 9.99. The van der Waals surface area contributed by atoms with E-state index >= 15 is 0 Å². The monoisotopic (exact) mass is 423 g/mol. The van der Waals surface area contributed by atoms with E-state index in [1.807, 2.05) is 31.2 Å². The number of hydrogen-bond acceptors (Lipinski definition) is 9. The van der Waals surface area contributed by atoms with Crippen LogP contribution in [0, 0.1) is 12.8 Å². The molecule has 11 heteroatoms. The summed E-state index contributed by atoms with van der Waals surface area (Å²) in [4.78, 5) is 15.1. The third-order valence-electron chi connectivity index (χ3n) is 5.38. The third kappa shape index (κ3) is 4.77. The highest BCUT2D eigenvalue weighted by molar-refractivity contribution is 5.94. The molecule has 1 aliphatic rings. The molecule has 31 heavy (non-hydrogen) atoms. The molecule has 0 saturated carbocycles. The number of anilines is 1. The Morgan fingerprint density at radius 1 is 1.29 bits per heavy atom. The molecule has 3 aromatic rings. The van der Waals surface area contributed by atoms with E-state index in [9.17, 15) is 4.79 Å². The van der Waals surface area contributed by atoms with Crippen LogP contribution in [0.5, 0.6) is 0 Å². The maximum atomic E-state index is 12.8. The Bertz CT molecular complexity index is 1060. The average molecular weight is 423 g/mol. The van der Waals surface area contributed by atoms with Gasteiger partial charge in [-0.05, 0) is 54.6 Å². The minimum Gasteiger partial charge on any atom is -0.378 e. The fraction of sp³-hybridized carbons (Fsp3) is 0.400. The molecule has 1 aliphatic heterocycles. The zero-order valence-corrected chi connectivity index (χ0v) is 17.5. The van der Waals surface area contributed by atoms with Crippen molar-refractivity contribution >= 4 is 17.9 Å². The molecule has 0 spiro atoms. The molecule has 1 aromatic carbocycles. The van der Waals surface area contributed by atoms with Crippen LogP contribution in [0.2, 0.25) is 0 Å². The number of carbonyl (C=O) groups is 1. The number of piperidine rings is 1. The van der Waals surface area contributed by atoms with Crippen LogP contribution in [0.25, 0.3) is 5.82 Å². The molecule has 0 radical (unpaired) electrons. The lowest BCUT2D eigenvalue weighted by Crippen LogP contribution is -2.34. The fourth-order valence-electron chi connectivity index (χ4n) is 3.43. The van der Waals surface area contributed by atoms with Crippen molar-refractivity contribution in [1.29, 1.82) is 0 Å². The van der Waals surface area contributed by atoms with Crippen molar-refractivity contribution in [3.8, 4) is 5.82 Å². The predicted octanol–water partition coefficient (Wildman–Crippen LogP) is 1.54. The van der Waals surface area contributed by atoms with Crippen LogP contribution in [-0.4, -0.2) is 55.4 Å². The van der Waals surface area contributed by atoms with Crippen molar-refractivity contribution < 1.29 is 9.42 Å². The third-order valence-corrected chi connectivity index (χ3v) is 5.38. The molecule has 0 unspecified atom stereocenters. The highest BCUT2D eigenvalue weighted by Gasteiger charge is 2.26. The van der Waals surface area contributed by atoms with Gasteiger partial charge in [-0.15, -0.1) is 5.10 Å². The number of nitrogen functional groups attached to an aromatic ring is 1. The van der Waals surface area contributed by atoms with Crippen molar-refractivity contribution in [1.82, 2.24) is 35.6 Å². The Kier molecular flexibility index (Phi) is 6.03. The van der Waals surface area contributed by atoms with Crippen LogP contribution in [0.1, 0.15) is 47.1 Å². The second-order valence-electron chi connectivity index (χ2n) is 7.84. The summed E-state index contributed by atoms with van der Waals surface area (Å²) >= 11 is 0. The molecule has 0 atom stereocenters. The summed E-state index contributed by atoms with van der Waals surface area (Å²) in [6.07, 6.45) is 3.77. The van der Waals surface area contributed by atoms with E-state index in [0.29, 0.717) is 18.2 Å². The van der Waals surface area contributed by atoms with Crippen molar-refractivity contribution in [2.75, 3.05) is 18.8 Å². The van der Waals surface area contributed by atoms with E-state index in [-0.39, 0.29) is 17.3 Å². The van der Waals surface area contributed by atoms with Gasteiger partial charge in [0.1, 0.15) is 0 Å². The standard InChI is InChI=1S/C20H25N9O2/c1-13-3-5-15(6-4-13)11-22-24-20(30)17-16(12-28-9-7-14(2)8-10-28)29(27-23-17)19-18(21)25-31-26-19/h3-6,11,14H,7-10,12H2,1-2H3,(H2,21,25)(H,24,30). The van der Waals surface area contributed by atoms with Gasteiger partial charge in [0.05, 0.1) is 11.9 Å². The number of hydrazone groups is 1. The topological polar surface area (TPSA) is 140 Å². The first kappa shape index (κ1) is 20.7.